The minimum atomic E-state index is 0.411. The van der Waals surface area contributed by atoms with E-state index in [1.807, 2.05) is 0 Å². The topological polar surface area (TPSA) is 49.0 Å². The highest BCUT2D eigenvalue weighted by atomic mass is 16.6. The molecule has 156 valence electrons. The Balaban J connectivity index is 1.65. The maximum atomic E-state index is 5.78. The van der Waals surface area contributed by atoms with Crippen molar-refractivity contribution in [1.29, 1.82) is 0 Å². The lowest BCUT2D eigenvalue weighted by Crippen LogP contribution is -2.33. The molecular weight excluding hydrogens is 330 g/mol. The average Bonchev–Trinajstić information content (AvgIpc) is 2.68. The molecule has 5 heteroatoms. The van der Waals surface area contributed by atoms with Gasteiger partial charge in [0.15, 0.2) is 0 Å². The molecule has 5 nitrogen and oxygen atoms in total. The SMILES string of the molecule is CCCCCCCCCCOCCOCCOCCOC1CCNCC1. The highest BCUT2D eigenvalue weighted by molar-refractivity contribution is 4.67. The summed E-state index contributed by atoms with van der Waals surface area (Å²) in [5, 5.41) is 3.34. The summed E-state index contributed by atoms with van der Waals surface area (Å²) in [6, 6.07) is 0. The van der Waals surface area contributed by atoms with Crippen LogP contribution in [0.4, 0.5) is 0 Å². The first-order valence-corrected chi connectivity index (χ1v) is 11.0. The van der Waals surface area contributed by atoms with E-state index < -0.39 is 0 Å². The molecule has 1 aliphatic heterocycles. The van der Waals surface area contributed by atoms with E-state index in [9.17, 15) is 0 Å². The zero-order chi connectivity index (χ0) is 18.5. The normalized spacial score (nSPS) is 15.6. The summed E-state index contributed by atoms with van der Waals surface area (Å²) in [4.78, 5) is 0. The third-order valence-corrected chi connectivity index (χ3v) is 4.75. The molecule has 0 spiro atoms. The van der Waals surface area contributed by atoms with E-state index >= 15 is 0 Å². The first-order chi connectivity index (χ1) is 12.9. The molecule has 0 radical (unpaired) electrons. The second kappa shape index (κ2) is 19.6. The Labute approximate surface area is 161 Å². The molecule has 0 bridgehead atoms. The van der Waals surface area contributed by atoms with Crippen molar-refractivity contribution in [2.75, 3.05) is 59.3 Å². The second-order valence-electron chi connectivity index (χ2n) is 7.13. The van der Waals surface area contributed by atoms with Crippen LogP contribution in [-0.2, 0) is 18.9 Å². The van der Waals surface area contributed by atoms with Crippen molar-refractivity contribution in [2.45, 2.75) is 77.2 Å². The van der Waals surface area contributed by atoms with E-state index in [4.69, 9.17) is 18.9 Å². The smallest absolute Gasteiger partial charge is 0.0704 e. The van der Waals surface area contributed by atoms with Crippen LogP contribution in [-0.4, -0.2) is 65.4 Å². The van der Waals surface area contributed by atoms with Crippen LogP contribution in [0, 0.1) is 0 Å². The van der Waals surface area contributed by atoms with E-state index in [2.05, 4.69) is 12.2 Å². The molecule has 1 rings (SSSR count). The molecule has 1 N–H and O–H groups in total. The number of piperidine rings is 1. The predicted octanol–water partition coefficient (Wildman–Crippen LogP) is 3.95. The van der Waals surface area contributed by atoms with Gasteiger partial charge < -0.3 is 24.3 Å². The second-order valence-corrected chi connectivity index (χ2v) is 7.13. The van der Waals surface area contributed by atoms with Gasteiger partial charge in [-0.25, -0.2) is 0 Å². The maximum Gasteiger partial charge on any atom is 0.0704 e. The third kappa shape index (κ3) is 16.0. The average molecular weight is 374 g/mol. The zero-order valence-corrected chi connectivity index (χ0v) is 17.1. The number of hydrogen-bond acceptors (Lipinski definition) is 5. The highest BCUT2D eigenvalue weighted by Crippen LogP contribution is 2.08. The van der Waals surface area contributed by atoms with Crippen LogP contribution in [0.25, 0.3) is 0 Å². The van der Waals surface area contributed by atoms with E-state index in [-0.39, 0.29) is 0 Å². The summed E-state index contributed by atoms with van der Waals surface area (Å²) in [5.41, 5.74) is 0. The molecule has 0 saturated carbocycles. The molecule has 0 unspecified atom stereocenters. The summed E-state index contributed by atoms with van der Waals surface area (Å²) in [6.07, 6.45) is 13.4. The van der Waals surface area contributed by atoms with Gasteiger partial charge in [-0.15, -0.1) is 0 Å². The van der Waals surface area contributed by atoms with Crippen LogP contribution in [0.1, 0.15) is 71.1 Å². The van der Waals surface area contributed by atoms with Crippen LogP contribution in [0.3, 0.4) is 0 Å². The number of ether oxygens (including phenoxy) is 4. The number of nitrogens with one attached hydrogen (secondary N) is 1. The van der Waals surface area contributed by atoms with Gasteiger partial charge in [0.25, 0.3) is 0 Å². The van der Waals surface area contributed by atoms with Crippen molar-refractivity contribution in [3.8, 4) is 0 Å². The molecular formula is C21H43NO4. The van der Waals surface area contributed by atoms with Crippen LogP contribution >= 0.6 is 0 Å². The molecule has 0 aromatic rings. The van der Waals surface area contributed by atoms with Crippen LogP contribution < -0.4 is 5.32 Å². The summed E-state index contributed by atoms with van der Waals surface area (Å²) in [6.45, 7) is 9.22. The lowest BCUT2D eigenvalue weighted by Gasteiger charge is -2.22. The first kappa shape index (κ1) is 23.8. The van der Waals surface area contributed by atoms with Crippen molar-refractivity contribution in [3.63, 3.8) is 0 Å². The van der Waals surface area contributed by atoms with Gasteiger partial charge in [0, 0.05) is 6.61 Å². The Bertz CT molecular complexity index is 273. The fraction of sp³-hybridized carbons (Fsp3) is 1.00. The van der Waals surface area contributed by atoms with Gasteiger partial charge in [0.2, 0.25) is 0 Å². The molecule has 0 aliphatic carbocycles. The van der Waals surface area contributed by atoms with Gasteiger partial charge in [-0.05, 0) is 32.4 Å². The van der Waals surface area contributed by atoms with Gasteiger partial charge in [-0.1, -0.05) is 51.9 Å². The minimum absolute atomic E-state index is 0.411. The molecule has 0 atom stereocenters. The van der Waals surface area contributed by atoms with Crippen molar-refractivity contribution in [3.05, 3.63) is 0 Å². The number of unbranched alkanes of at least 4 members (excludes halogenated alkanes) is 7. The fourth-order valence-electron chi connectivity index (χ4n) is 3.12. The van der Waals surface area contributed by atoms with Crippen molar-refractivity contribution < 1.29 is 18.9 Å². The van der Waals surface area contributed by atoms with E-state index in [0.717, 1.165) is 32.5 Å². The zero-order valence-electron chi connectivity index (χ0n) is 17.1. The summed E-state index contributed by atoms with van der Waals surface area (Å²) < 4.78 is 22.4. The minimum Gasteiger partial charge on any atom is -0.379 e. The molecule has 26 heavy (non-hydrogen) atoms. The Morgan fingerprint density at radius 2 is 1.12 bits per heavy atom. The largest absolute Gasteiger partial charge is 0.379 e. The fourth-order valence-corrected chi connectivity index (χ4v) is 3.12. The van der Waals surface area contributed by atoms with Crippen LogP contribution in [0.15, 0.2) is 0 Å². The molecule has 1 saturated heterocycles. The first-order valence-electron chi connectivity index (χ1n) is 11.0. The third-order valence-electron chi connectivity index (χ3n) is 4.75. The Morgan fingerprint density at radius 3 is 1.73 bits per heavy atom. The van der Waals surface area contributed by atoms with E-state index in [0.29, 0.717) is 45.7 Å². The van der Waals surface area contributed by atoms with Gasteiger partial charge >= 0.3 is 0 Å². The molecule has 0 aromatic carbocycles. The van der Waals surface area contributed by atoms with Gasteiger partial charge in [-0.3, -0.25) is 0 Å². The van der Waals surface area contributed by atoms with Gasteiger partial charge in [0.1, 0.15) is 0 Å². The quantitative estimate of drug-likeness (QED) is 0.348. The van der Waals surface area contributed by atoms with Crippen molar-refractivity contribution in [2.24, 2.45) is 0 Å². The Morgan fingerprint density at radius 1 is 0.615 bits per heavy atom. The van der Waals surface area contributed by atoms with Crippen LogP contribution in [0.2, 0.25) is 0 Å². The van der Waals surface area contributed by atoms with Crippen molar-refractivity contribution in [1.82, 2.24) is 5.32 Å². The van der Waals surface area contributed by atoms with Gasteiger partial charge in [-0.2, -0.15) is 0 Å². The molecule has 1 aliphatic rings. The van der Waals surface area contributed by atoms with Gasteiger partial charge in [0.05, 0.1) is 45.7 Å². The monoisotopic (exact) mass is 373 g/mol. The maximum absolute atomic E-state index is 5.78. The summed E-state index contributed by atoms with van der Waals surface area (Å²) >= 11 is 0. The summed E-state index contributed by atoms with van der Waals surface area (Å²) in [5.74, 6) is 0. The summed E-state index contributed by atoms with van der Waals surface area (Å²) in [7, 11) is 0. The lowest BCUT2D eigenvalue weighted by molar-refractivity contribution is -0.0252. The molecule has 0 amide bonds. The van der Waals surface area contributed by atoms with Crippen molar-refractivity contribution >= 4 is 0 Å². The Hall–Kier alpha value is -0.200. The predicted molar refractivity (Wildman–Crippen MR) is 107 cm³/mol. The number of rotatable bonds is 19. The van der Waals surface area contributed by atoms with E-state index in [1.165, 1.54) is 51.4 Å². The lowest BCUT2D eigenvalue weighted by atomic mass is 10.1. The highest BCUT2D eigenvalue weighted by Gasteiger charge is 2.12. The van der Waals surface area contributed by atoms with E-state index in [1.54, 1.807) is 0 Å². The Kier molecular flexibility index (Phi) is 17.9. The molecule has 1 heterocycles. The van der Waals surface area contributed by atoms with Crippen LogP contribution in [0.5, 0.6) is 0 Å². The molecule has 1 fully saturated rings. The standard InChI is InChI=1S/C21H43NO4/c1-2-3-4-5-6-7-8-9-14-23-15-16-24-17-18-25-19-20-26-21-10-12-22-13-11-21/h21-22H,2-20H2,1H3. The molecule has 0 aromatic heterocycles. The number of hydrogen-bond donors (Lipinski definition) is 1.